The maximum atomic E-state index is 13.2. The predicted molar refractivity (Wildman–Crippen MR) is 155 cm³/mol. The summed E-state index contributed by atoms with van der Waals surface area (Å²) in [6.07, 6.45) is 5.23. The van der Waals surface area contributed by atoms with Crippen molar-refractivity contribution in [1.82, 2.24) is 40.4 Å². The highest BCUT2D eigenvalue weighted by molar-refractivity contribution is 7.81. The molecule has 0 aromatic rings. The molecule has 0 unspecified atom stereocenters. The molecule has 17 heteroatoms. The van der Waals surface area contributed by atoms with E-state index in [9.17, 15) is 27.6 Å². The largest absolute Gasteiger partial charge is 0.442 e. The van der Waals surface area contributed by atoms with Gasteiger partial charge in [0.25, 0.3) is 0 Å². The Hall–Kier alpha value is -2.73. The summed E-state index contributed by atoms with van der Waals surface area (Å²) in [7, 11) is -0.718. The van der Waals surface area contributed by atoms with Crippen molar-refractivity contribution in [3.63, 3.8) is 0 Å². The van der Waals surface area contributed by atoms with Crippen LogP contribution in [0, 0.1) is 10.8 Å². The second kappa shape index (κ2) is 10.1. The number of urea groups is 2. The first-order valence-electron chi connectivity index (χ1n) is 16.1. The number of hydroxylamine groups is 4. The van der Waals surface area contributed by atoms with Crippen LogP contribution in [-0.4, -0.2) is 152 Å². The topological polar surface area (TPSA) is 164 Å². The van der Waals surface area contributed by atoms with Crippen molar-refractivity contribution in [3.8, 4) is 0 Å². The Morgan fingerprint density at radius 3 is 1.42 bits per heavy atom. The van der Waals surface area contributed by atoms with Gasteiger partial charge in [-0.05, 0) is 76.3 Å². The van der Waals surface area contributed by atoms with Crippen molar-refractivity contribution >= 4 is 34.3 Å². The number of piperidine rings is 2. The van der Waals surface area contributed by atoms with Gasteiger partial charge in [0.2, 0.25) is 11.8 Å². The molecule has 45 heavy (non-hydrogen) atoms. The summed E-state index contributed by atoms with van der Waals surface area (Å²) >= 11 is 0. The Bertz CT molecular complexity index is 1300. The Morgan fingerprint density at radius 1 is 0.689 bits per heavy atom. The van der Waals surface area contributed by atoms with Gasteiger partial charge in [-0.25, -0.2) is 9.59 Å². The van der Waals surface area contributed by atoms with Crippen molar-refractivity contribution < 1.29 is 36.2 Å². The summed E-state index contributed by atoms with van der Waals surface area (Å²) in [6, 6.07) is -3.85. The van der Waals surface area contributed by atoms with Crippen LogP contribution in [0.25, 0.3) is 0 Å². The van der Waals surface area contributed by atoms with E-state index in [1.165, 1.54) is 9.80 Å². The van der Waals surface area contributed by atoms with Gasteiger partial charge in [-0.1, -0.05) is 0 Å². The molecule has 0 aromatic heterocycles. The standard InChI is InChI=1S/C28H42N8O8S/c1-31-13-27(14-31)7-17(8-27)29-23(37)21-5-3-19-11-33(21)25(39)35(19)43-45(41,42)44-36-20-4-6-22(34(12-20)26(36)40)24(38)30-18-9-28(10-18)15-32(2)16-28/h17-22H,3-16H2,1-2H3,(H,29,37)(H,30,38)/t19-,20-,21+,22+/m1/s1. The van der Waals surface area contributed by atoms with E-state index in [4.69, 9.17) is 8.57 Å². The number of carbonyl (C=O) groups excluding carboxylic acids is 4. The second-order valence-electron chi connectivity index (χ2n) is 15.1. The van der Waals surface area contributed by atoms with Gasteiger partial charge in [0.05, 0.1) is 12.1 Å². The van der Waals surface area contributed by atoms with E-state index < -0.39 is 46.6 Å². The zero-order chi connectivity index (χ0) is 31.5. The fourth-order valence-electron chi connectivity index (χ4n) is 9.70. The molecule has 6 saturated heterocycles. The number of hydrogen-bond acceptors (Lipinski definition) is 10. The lowest BCUT2D eigenvalue weighted by Crippen LogP contribution is -2.66. The molecule has 2 saturated carbocycles. The summed E-state index contributed by atoms with van der Waals surface area (Å²) in [6.45, 7) is 4.45. The highest BCUT2D eigenvalue weighted by Gasteiger charge is 2.56. The molecule has 248 valence electrons. The quantitative estimate of drug-likeness (QED) is 0.335. The second-order valence-corrected chi connectivity index (χ2v) is 16.3. The third-order valence-electron chi connectivity index (χ3n) is 11.4. The van der Waals surface area contributed by atoms with Gasteiger partial charge in [-0.15, -0.1) is 8.57 Å². The zero-order valence-corrected chi connectivity index (χ0v) is 26.5. The van der Waals surface area contributed by atoms with Crippen molar-refractivity contribution in [2.75, 3.05) is 53.4 Å². The van der Waals surface area contributed by atoms with Crippen molar-refractivity contribution in [1.29, 1.82) is 0 Å². The molecule has 8 rings (SSSR count). The van der Waals surface area contributed by atoms with E-state index in [1.54, 1.807) is 0 Å². The molecule has 6 aliphatic heterocycles. The van der Waals surface area contributed by atoms with E-state index in [0.717, 1.165) is 62.0 Å². The Labute approximate surface area is 262 Å². The molecular formula is C28H42N8O8S. The molecule has 4 bridgehead atoms. The summed E-state index contributed by atoms with van der Waals surface area (Å²) in [5.74, 6) is -0.462. The maximum absolute atomic E-state index is 13.2. The Morgan fingerprint density at radius 2 is 1.07 bits per heavy atom. The number of rotatable bonds is 8. The lowest BCUT2D eigenvalue weighted by Gasteiger charge is -2.58. The summed E-state index contributed by atoms with van der Waals surface area (Å²) in [5.41, 5.74) is 0.610. The molecule has 16 nitrogen and oxygen atoms in total. The number of nitrogens with one attached hydrogen (secondary N) is 2. The average molecular weight is 651 g/mol. The lowest BCUT2D eigenvalue weighted by atomic mass is 9.61. The van der Waals surface area contributed by atoms with Crippen LogP contribution in [0.2, 0.25) is 0 Å². The highest BCUT2D eigenvalue weighted by Crippen LogP contribution is 2.48. The Balaban J connectivity index is 0.839. The molecule has 2 spiro atoms. The molecular weight excluding hydrogens is 608 g/mol. The molecule has 4 atom stereocenters. The van der Waals surface area contributed by atoms with Gasteiger partial charge in [0.15, 0.2) is 0 Å². The SMILES string of the molecule is CN1CC2(CC(NC(=O)[C@@H]3CC[C@@H]4CN3C(=O)N4OS(=O)(=O)ON3C(=O)N4C[C@H]3CC[C@H]4C(=O)NC3CC4(C3)CN(C)C4)C2)C1. The van der Waals surface area contributed by atoms with Crippen LogP contribution in [0.1, 0.15) is 51.4 Å². The van der Waals surface area contributed by atoms with E-state index in [1.807, 2.05) is 0 Å². The minimum Gasteiger partial charge on any atom is -0.352 e. The van der Waals surface area contributed by atoms with Crippen molar-refractivity contribution in [2.24, 2.45) is 10.8 Å². The van der Waals surface area contributed by atoms with Gasteiger partial charge in [0.1, 0.15) is 12.1 Å². The molecule has 6 amide bonds. The van der Waals surface area contributed by atoms with Crippen LogP contribution in [0.4, 0.5) is 9.59 Å². The number of amides is 6. The van der Waals surface area contributed by atoms with E-state index in [2.05, 4.69) is 34.5 Å². The monoisotopic (exact) mass is 650 g/mol. The number of hydrogen-bond donors (Lipinski definition) is 2. The van der Waals surface area contributed by atoms with Gasteiger partial charge in [0, 0.05) is 51.4 Å². The summed E-state index contributed by atoms with van der Waals surface area (Å²) in [5, 5.41) is 7.64. The van der Waals surface area contributed by atoms with Crippen LogP contribution < -0.4 is 10.6 Å². The fraction of sp³-hybridized carbons (Fsp3) is 0.857. The third kappa shape index (κ3) is 4.96. The number of carbonyl (C=O) groups is 4. The third-order valence-corrected chi connectivity index (χ3v) is 12.1. The van der Waals surface area contributed by atoms with Gasteiger partial charge >= 0.3 is 22.5 Å². The van der Waals surface area contributed by atoms with Gasteiger partial charge in [-0.3, -0.25) is 9.59 Å². The van der Waals surface area contributed by atoms with Crippen molar-refractivity contribution in [2.45, 2.75) is 87.6 Å². The minimum absolute atomic E-state index is 0.0847. The van der Waals surface area contributed by atoms with E-state index >= 15 is 0 Å². The fourth-order valence-corrected chi connectivity index (χ4v) is 10.5. The van der Waals surface area contributed by atoms with E-state index in [0.29, 0.717) is 36.5 Å². The predicted octanol–water partition coefficient (Wildman–Crippen LogP) is -0.948. The van der Waals surface area contributed by atoms with Crippen LogP contribution in [0.15, 0.2) is 0 Å². The first-order chi connectivity index (χ1) is 21.3. The molecule has 2 N–H and O–H groups in total. The van der Waals surface area contributed by atoms with Gasteiger partial charge < -0.3 is 30.2 Å². The van der Waals surface area contributed by atoms with Crippen LogP contribution in [0.5, 0.6) is 0 Å². The normalized spacial score (nSPS) is 35.3. The molecule has 8 aliphatic rings. The van der Waals surface area contributed by atoms with Crippen LogP contribution in [0.3, 0.4) is 0 Å². The average Bonchev–Trinajstić information content (AvgIpc) is 3.28. The van der Waals surface area contributed by atoms with Crippen molar-refractivity contribution in [3.05, 3.63) is 0 Å². The number of fused-ring (bicyclic) bond motifs is 4. The first-order valence-corrected chi connectivity index (χ1v) is 17.5. The smallest absolute Gasteiger partial charge is 0.352 e. The van der Waals surface area contributed by atoms with Gasteiger partial charge in [-0.2, -0.15) is 18.5 Å². The minimum atomic E-state index is -4.87. The van der Waals surface area contributed by atoms with Crippen LogP contribution >= 0.6 is 0 Å². The van der Waals surface area contributed by atoms with Crippen LogP contribution in [-0.2, 0) is 28.6 Å². The first kappa shape index (κ1) is 29.7. The Kier molecular flexibility index (Phi) is 6.68. The molecule has 8 fully saturated rings. The number of likely N-dealkylation sites (tertiary alicyclic amines) is 2. The summed E-state index contributed by atoms with van der Waals surface area (Å²) in [4.78, 5) is 59.9. The lowest BCUT2D eigenvalue weighted by molar-refractivity contribution is -0.132. The maximum Gasteiger partial charge on any atom is 0.442 e. The molecule has 0 radical (unpaired) electrons. The molecule has 2 aliphatic carbocycles. The molecule has 0 aromatic carbocycles. The summed E-state index contributed by atoms with van der Waals surface area (Å²) < 4.78 is 36.3. The zero-order valence-electron chi connectivity index (χ0n) is 25.7. The molecule has 6 heterocycles. The van der Waals surface area contributed by atoms with E-state index in [-0.39, 0.29) is 37.0 Å². The number of nitrogens with zero attached hydrogens (tertiary/aromatic N) is 6. The highest BCUT2D eigenvalue weighted by atomic mass is 32.3.